The Morgan fingerprint density at radius 3 is 2.65 bits per heavy atom. The van der Waals surface area contributed by atoms with Crippen molar-refractivity contribution in [2.24, 2.45) is 0 Å². The van der Waals surface area contributed by atoms with Crippen LogP contribution in [0.25, 0.3) is 5.65 Å². The summed E-state index contributed by atoms with van der Waals surface area (Å²) in [6.07, 6.45) is 3.04. The molecule has 40 heavy (non-hydrogen) atoms. The first-order valence-electron chi connectivity index (χ1n) is 13.2. The first-order chi connectivity index (χ1) is 19.3. The molecule has 0 bridgehead atoms. The zero-order valence-corrected chi connectivity index (χ0v) is 21.6. The minimum absolute atomic E-state index is 0.0917. The van der Waals surface area contributed by atoms with E-state index in [1.165, 1.54) is 36.7 Å². The Balaban J connectivity index is 1.18. The molecule has 0 atom stereocenters. The average Bonchev–Trinajstić information content (AvgIpc) is 3.72. The summed E-state index contributed by atoms with van der Waals surface area (Å²) in [5.41, 5.74) is 2.71. The first-order valence-corrected chi connectivity index (χ1v) is 13.2. The molecular weight excluding hydrogens is 517 g/mol. The molecule has 2 fully saturated rings. The summed E-state index contributed by atoms with van der Waals surface area (Å²) in [6.45, 7) is 2.98. The van der Waals surface area contributed by atoms with Gasteiger partial charge in [0.25, 0.3) is 5.91 Å². The van der Waals surface area contributed by atoms with Crippen molar-refractivity contribution in [3.05, 3.63) is 94.6 Å². The second kappa shape index (κ2) is 10.8. The number of hydrogen-bond donors (Lipinski definition) is 2. The van der Waals surface area contributed by atoms with Crippen molar-refractivity contribution < 1.29 is 18.0 Å². The standard InChI is InChI=1S/C30H27F3N6O/c31-30(32,33)26-16-23(4-5-24(26)19-38-13-10-34-11-14-38)29(40)37-27-15-20(7-9-35-27)1-6-25-18-36-28-17-22(21-2-3-21)8-12-39(25)28/h4-5,7-9,12,15-18,21,34H,2-3,10-11,13-14,19H2,(H,35,37,40). The van der Waals surface area contributed by atoms with Gasteiger partial charge in [0.05, 0.1) is 11.8 Å². The van der Waals surface area contributed by atoms with Crippen LogP contribution in [0.5, 0.6) is 0 Å². The largest absolute Gasteiger partial charge is 0.416 e. The van der Waals surface area contributed by atoms with E-state index in [1.807, 2.05) is 15.5 Å². The van der Waals surface area contributed by atoms with Crippen LogP contribution in [0.15, 0.2) is 61.1 Å². The second-order valence-electron chi connectivity index (χ2n) is 10.1. The maximum Gasteiger partial charge on any atom is 0.416 e. The number of carbonyl (C=O) groups excluding carboxylic acids is 1. The second-order valence-corrected chi connectivity index (χ2v) is 10.1. The summed E-state index contributed by atoms with van der Waals surface area (Å²) in [7, 11) is 0. The van der Waals surface area contributed by atoms with Crippen molar-refractivity contribution in [1.82, 2.24) is 24.6 Å². The molecule has 10 heteroatoms. The van der Waals surface area contributed by atoms with Crippen LogP contribution in [0.4, 0.5) is 19.0 Å². The molecule has 6 rings (SSSR count). The molecule has 4 heterocycles. The van der Waals surface area contributed by atoms with Crippen LogP contribution in [0.1, 0.15) is 57.1 Å². The average molecular weight is 545 g/mol. The number of rotatable bonds is 5. The van der Waals surface area contributed by atoms with Gasteiger partial charge < -0.3 is 10.6 Å². The number of piperazine rings is 1. The monoisotopic (exact) mass is 544 g/mol. The number of aromatic nitrogens is 3. The zero-order valence-electron chi connectivity index (χ0n) is 21.6. The highest BCUT2D eigenvalue weighted by atomic mass is 19.4. The van der Waals surface area contributed by atoms with E-state index in [2.05, 4.69) is 44.6 Å². The lowest BCUT2D eigenvalue weighted by Crippen LogP contribution is -2.43. The molecule has 2 N–H and O–H groups in total. The molecule has 2 aliphatic rings. The van der Waals surface area contributed by atoms with Gasteiger partial charge >= 0.3 is 6.18 Å². The third-order valence-corrected chi connectivity index (χ3v) is 7.20. The number of amides is 1. The number of fused-ring (bicyclic) bond motifs is 1. The van der Waals surface area contributed by atoms with Gasteiger partial charge in [-0.25, -0.2) is 9.97 Å². The molecule has 1 aromatic carbocycles. The van der Waals surface area contributed by atoms with Crippen molar-refractivity contribution in [2.45, 2.75) is 31.5 Å². The van der Waals surface area contributed by atoms with Gasteiger partial charge in [-0.1, -0.05) is 12.0 Å². The lowest BCUT2D eigenvalue weighted by molar-refractivity contribution is -0.138. The van der Waals surface area contributed by atoms with Gasteiger partial charge in [0.2, 0.25) is 0 Å². The fourth-order valence-corrected chi connectivity index (χ4v) is 4.89. The maximum absolute atomic E-state index is 13.9. The molecule has 1 saturated heterocycles. The van der Waals surface area contributed by atoms with Gasteiger partial charge in [-0.15, -0.1) is 0 Å². The number of halogens is 3. The predicted octanol–water partition coefficient (Wildman–Crippen LogP) is 4.68. The van der Waals surface area contributed by atoms with Crippen LogP contribution in [-0.2, 0) is 12.7 Å². The van der Waals surface area contributed by atoms with E-state index in [0.717, 1.165) is 30.5 Å². The summed E-state index contributed by atoms with van der Waals surface area (Å²) in [6, 6.07) is 11.2. The number of benzene rings is 1. The van der Waals surface area contributed by atoms with Crippen molar-refractivity contribution in [1.29, 1.82) is 0 Å². The minimum atomic E-state index is -4.58. The van der Waals surface area contributed by atoms with E-state index in [1.54, 1.807) is 18.3 Å². The van der Waals surface area contributed by atoms with Crippen LogP contribution in [0, 0.1) is 11.8 Å². The molecule has 4 aromatic rings. The molecule has 3 aromatic heterocycles. The van der Waals surface area contributed by atoms with E-state index in [9.17, 15) is 18.0 Å². The molecule has 1 aliphatic heterocycles. The lowest BCUT2D eigenvalue weighted by atomic mass is 10.0. The van der Waals surface area contributed by atoms with E-state index in [0.29, 0.717) is 24.6 Å². The van der Waals surface area contributed by atoms with Crippen LogP contribution in [0.3, 0.4) is 0 Å². The number of alkyl halides is 3. The lowest BCUT2D eigenvalue weighted by Gasteiger charge is -2.28. The SMILES string of the molecule is O=C(Nc1cc(C#Cc2cnc3cc(C4CC4)ccn23)ccn1)c1ccc(CN2CCNCC2)c(C(F)(F)F)c1. The summed E-state index contributed by atoms with van der Waals surface area (Å²) < 4.78 is 43.6. The molecule has 0 spiro atoms. The highest BCUT2D eigenvalue weighted by Gasteiger charge is 2.34. The molecule has 0 radical (unpaired) electrons. The van der Waals surface area contributed by atoms with Crippen LogP contribution < -0.4 is 10.6 Å². The van der Waals surface area contributed by atoms with Crippen molar-refractivity contribution >= 4 is 17.4 Å². The number of carbonyl (C=O) groups is 1. The number of nitrogens with zero attached hydrogens (tertiary/aromatic N) is 4. The van der Waals surface area contributed by atoms with E-state index in [-0.39, 0.29) is 23.5 Å². The van der Waals surface area contributed by atoms with Gasteiger partial charge in [-0.05, 0) is 72.2 Å². The van der Waals surface area contributed by atoms with Gasteiger partial charge in [0, 0.05) is 56.2 Å². The Bertz CT molecular complexity index is 1620. The number of anilines is 1. The van der Waals surface area contributed by atoms with Crippen molar-refractivity contribution in [3.63, 3.8) is 0 Å². The summed E-state index contributed by atoms with van der Waals surface area (Å²) in [5.74, 6) is 6.32. The van der Waals surface area contributed by atoms with Crippen molar-refractivity contribution in [3.8, 4) is 11.8 Å². The Labute approximate surface area is 229 Å². The van der Waals surface area contributed by atoms with E-state index < -0.39 is 17.6 Å². The Morgan fingerprint density at radius 1 is 1.05 bits per heavy atom. The fraction of sp³-hybridized carbons (Fsp3) is 0.300. The highest BCUT2D eigenvalue weighted by Crippen LogP contribution is 2.40. The molecule has 1 aliphatic carbocycles. The topological polar surface area (TPSA) is 74.6 Å². The minimum Gasteiger partial charge on any atom is -0.314 e. The highest BCUT2D eigenvalue weighted by molar-refractivity contribution is 6.04. The first kappa shape index (κ1) is 26.0. The third-order valence-electron chi connectivity index (χ3n) is 7.20. The van der Waals surface area contributed by atoms with Crippen LogP contribution in [0.2, 0.25) is 0 Å². The maximum atomic E-state index is 13.9. The molecule has 7 nitrogen and oxygen atoms in total. The number of imidazole rings is 1. The Hall–Kier alpha value is -4.20. The smallest absolute Gasteiger partial charge is 0.314 e. The van der Waals surface area contributed by atoms with E-state index >= 15 is 0 Å². The number of nitrogens with one attached hydrogen (secondary N) is 2. The predicted molar refractivity (Wildman–Crippen MR) is 145 cm³/mol. The molecular formula is C30H27F3N6O. The summed E-state index contributed by atoms with van der Waals surface area (Å²) in [4.78, 5) is 23.5. The summed E-state index contributed by atoms with van der Waals surface area (Å²) in [5, 5.41) is 5.79. The summed E-state index contributed by atoms with van der Waals surface area (Å²) >= 11 is 0. The zero-order chi connectivity index (χ0) is 27.7. The molecule has 1 saturated carbocycles. The molecule has 204 valence electrons. The molecule has 0 unspecified atom stereocenters. The molecule has 1 amide bonds. The van der Waals surface area contributed by atoms with Crippen LogP contribution >= 0.6 is 0 Å². The van der Waals surface area contributed by atoms with Crippen molar-refractivity contribution in [2.75, 3.05) is 31.5 Å². The van der Waals surface area contributed by atoms with Crippen LogP contribution in [-0.4, -0.2) is 51.4 Å². The van der Waals surface area contributed by atoms with E-state index in [4.69, 9.17) is 0 Å². The van der Waals surface area contributed by atoms with Gasteiger partial charge in [0.15, 0.2) is 0 Å². The number of hydrogen-bond acceptors (Lipinski definition) is 5. The quantitative estimate of drug-likeness (QED) is 0.357. The Morgan fingerprint density at radius 2 is 1.88 bits per heavy atom. The normalized spacial score (nSPS) is 16.0. The Kier molecular flexibility index (Phi) is 7.00. The number of pyridine rings is 2. The van der Waals surface area contributed by atoms with Gasteiger partial charge in [-0.2, -0.15) is 13.2 Å². The van der Waals surface area contributed by atoms with Gasteiger partial charge in [-0.3, -0.25) is 14.1 Å². The third kappa shape index (κ3) is 5.86. The van der Waals surface area contributed by atoms with Gasteiger partial charge in [0.1, 0.15) is 17.2 Å². The fourth-order valence-electron chi connectivity index (χ4n) is 4.89.